The van der Waals surface area contributed by atoms with E-state index in [-0.39, 0.29) is 5.54 Å². The van der Waals surface area contributed by atoms with Crippen molar-refractivity contribution in [3.63, 3.8) is 0 Å². The van der Waals surface area contributed by atoms with Gasteiger partial charge in [-0.05, 0) is 63.4 Å². The third kappa shape index (κ3) is 3.61. The van der Waals surface area contributed by atoms with E-state index in [9.17, 15) is 0 Å². The molecule has 116 valence electrons. The molecule has 2 fully saturated rings. The summed E-state index contributed by atoms with van der Waals surface area (Å²) in [5, 5.41) is 3.79. The van der Waals surface area contributed by atoms with E-state index in [0.717, 1.165) is 42.3 Å². The summed E-state index contributed by atoms with van der Waals surface area (Å²) in [6.45, 7) is 6.80. The average Bonchev–Trinajstić information content (AvgIpc) is 3.28. The molecule has 0 aromatic heterocycles. The minimum absolute atomic E-state index is 0.287. The van der Waals surface area contributed by atoms with E-state index in [1.807, 2.05) is 6.07 Å². The van der Waals surface area contributed by atoms with E-state index in [2.05, 4.69) is 45.2 Å². The zero-order valence-electron chi connectivity index (χ0n) is 13.0. The molecule has 0 radical (unpaired) electrons. The van der Waals surface area contributed by atoms with E-state index in [1.54, 1.807) is 7.11 Å². The van der Waals surface area contributed by atoms with Crippen LogP contribution < -0.4 is 10.1 Å². The Kier molecular flexibility index (Phi) is 4.57. The van der Waals surface area contributed by atoms with Crippen LogP contribution in [0.5, 0.6) is 5.75 Å². The summed E-state index contributed by atoms with van der Waals surface area (Å²) >= 11 is 3.57. The van der Waals surface area contributed by atoms with Gasteiger partial charge < -0.3 is 10.1 Å². The molecule has 0 bridgehead atoms. The van der Waals surface area contributed by atoms with Crippen LogP contribution in [0, 0.1) is 5.92 Å². The first-order chi connectivity index (χ1) is 10.1. The fourth-order valence-electron chi connectivity index (χ4n) is 3.52. The Labute approximate surface area is 136 Å². The first kappa shape index (κ1) is 15.3. The molecule has 3 rings (SSSR count). The maximum atomic E-state index is 5.52. The Hall–Kier alpha value is -0.580. The third-order valence-corrected chi connectivity index (χ3v) is 5.34. The molecule has 4 heteroatoms. The zero-order chi connectivity index (χ0) is 14.9. The molecule has 1 atom stereocenters. The topological polar surface area (TPSA) is 24.5 Å². The summed E-state index contributed by atoms with van der Waals surface area (Å²) in [4.78, 5) is 2.59. The van der Waals surface area contributed by atoms with E-state index in [1.165, 1.54) is 24.8 Å². The lowest BCUT2D eigenvalue weighted by Gasteiger charge is -2.34. The first-order valence-electron chi connectivity index (χ1n) is 7.90. The predicted octanol–water partition coefficient (Wildman–Crippen LogP) is 3.42. The second kappa shape index (κ2) is 6.27. The lowest BCUT2D eigenvalue weighted by atomic mass is 9.95. The number of nitrogens with one attached hydrogen (secondary N) is 1. The van der Waals surface area contributed by atoms with Crippen LogP contribution in [0.25, 0.3) is 0 Å². The predicted molar refractivity (Wildman–Crippen MR) is 89.7 cm³/mol. The molecule has 1 unspecified atom stereocenters. The van der Waals surface area contributed by atoms with Gasteiger partial charge in [0.05, 0.1) is 7.11 Å². The van der Waals surface area contributed by atoms with Crippen molar-refractivity contribution in [2.45, 2.75) is 38.3 Å². The largest absolute Gasteiger partial charge is 0.496 e. The molecule has 1 aromatic rings. The molecular weight excluding hydrogens is 328 g/mol. The van der Waals surface area contributed by atoms with Gasteiger partial charge in [-0.1, -0.05) is 15.9 Å². The molecule has 2 aliphatic rings. The molecule has 1 aliphatic heterocycles. The monoisotopic (exact) mass is 352 g/mol. The number of methoxy groups -OCH3 is 1. The zero-order valence-corrected chi connectivity index (χ0v) is 14.6. The van der Waals surface area contributed by atoms with Gasteiger partial charge in [-0.15, -0.1) is 0 Å². The van der Waals surface area contributed by atoms with Crippen LogP contribution >= 0.6 is 15.9 Å². The van der Waals surface area contributed by atoms with Gasteiger partial charge in [-0.2, -0.15) is 0 Å². The first-order valence-corrected chi connectivity index (χ1v) is 8.70. The number of rotatable bonds is 4. The highest BCUT2D eigenvalue weighted by atomic mass is 79.9. The van der Waals surface area contributed by atoms with Gasteiger partial charge in [-0.3, -0.25) is 4.90 Å². The molecule has 1 aromatic carbocycles. The van der Waals surface area contributed by atoms with Gasteiger partial charge in [0.1, 0.15) is 5.75 Å². The SMILES string of the molecule is COc1ccc(Br)cc1CN1CCCNC(C)(C2CC2)C1. The van der Waals surface area contributed by atoms with E-state index >= 15 is 0 Å². The maximum absolute atomic E-state index is 5.52. The van der Waals surface area contributed by atoms with Crippen molar-refractivity contribution in [3.8, 4) is 5.75 Å². The van der Waals surface area contributed by atoms with Gasteiger partial charge in [0.2, 0.25) is 0 Å². The second-order valence-corrected chi connectivity index (χ2v) is 7.55. The van der Waals surface area contributed by atoms with Crippen LogP contribution in [0.3, 0.4) is 0 Å². The minimum Gasteiger partial charge on any atom is -0.496 e. The van der Waals surface area contributed by atoms with Gasteiger partial charge >= 0.3 is 0 Å². The number of hydrogen-bond donors (Lipinski definition) is 1. The summed E-state index contributed by atoms with van der Waals surface area (Å²) in [6, 6.07) is 6.28. The highest BCUT2D eigenvalue weighted by Gasteiger charge is 2.42. The lowest BCUT2D eigenvalue weighted by molar-refractivity contribution is 0.193. The second-order valence-electron chi connectivity index (χ2n) is 6.64. The van der Waals surface area contributed by atoms with Crippen molar-refractivity contribution in [2.75, 3.05) is 26.7 Å². The smallest absolute Gasteiger partial charge is 0.123 e. The van der Waals surface area contributed by atoms with Crippen molar-refractivity contribution in [1.82, 2.24) is 10.2 Å². The molecule has 21 heavy (non-hydrogen) atoms. The van der Waals surface area contributed by atoms with Crippen LogP contribution in [0.1, 0.15) is 31.7 Å². The van der Waals surface area contributed by atoms with E-state index < -0.39 is 0 Å². The lowest BCUT2D eigenvalue weighted by Crippen LogP contribution is -2.50. The number of benzene rings is 1. The summed E-state index contributed by atoms with van der Waals surface area (Å²) < 4.78 is 6.64. The fourth-order valence-corrected chi connectivity index (χ4v) is 3.93. The highest BCUT2D eigenvalue weighted by molar-refractivity contribution is 9.10. The summed E-state index contributed by atoms with van der Waals surface area (Å²) in [5.41, 5.74) is 1.56. The Morgan fingerprint density at radius 1 is 1.43 bits per heavy atom. The quantitative estimate of drug-likeness (QED) is 0.898. The van der Waals surface area contributed by atoms with Gasteiger partial charge in [0, 0.05) is 28.7 Å². The Morgan fingerprint density at radius 2 is 2.24 bits per heavy atom. The van der Waals surface area contributed by atoms with Crippen molar-refractivity contribution in [1.29, 1.82) is 0 Å². The Bertz CT molecular complexity index is 504. The molecule has 0 spiro atoms. The molecular formula is C17H25BrN2O. The average molecular weight is 353 g/mol. The minimum atomic E-state index is 0.287. The highest BCUT2D eigenvalue weighted by Crippen LogP contribution is 2.40. The molecule has 1 aliphatic carbocycles. The molecule has 1 heterocycles. The van der Waals surface area contributed by atoms with Crippen LogP contribution in [0.4, 0.5) is 0 Å². The van der Waals surface area contributed by atoms with Crippen molar-refractivity contribution in [3.05, 3.63) is 28.2 Å². The van der Waals surface area contributed by atoms with Crippen LogP contribution in [-0.4, -0.2) is 37.2 Å². The number of ether oxygens (including phenoxy) is 1. The molecule has 3 nitrogen and oxygen atoms in total. The summed E-state index contributed by atoms with van der Waals surface area (Å²) in [5.74, 6) is 1.85. The Morgan fingerprint density at radius 3 is 2.95 bits per heavy atom. The van der Waals surface area contributed by atoms with E-state index in [4.69, 9.17) is 4.74 Å². The maximum Gasteiger partial charge on any atom is 0.123 e. The van der Waals surface area contributed by atoms with Crippen molar-refractivity contribution < 1.29 is 4.74 Å². The van der Waals surface area contributed by atoms with Gasteiger partial charge in [0.15, 0.2) is 0 Å². The van der Waals surface area contributed by atoms with E-state index in [0.29, 0.717) is 0 Å². The Balaban J connectivity index is 1.75. The molecule has 0 amide bonds. The third-order valence-electron chi connectivity index (χ3n) is 4.85. The number of nitrogens with zero attached hydrogens (tertiary/aromatic N) is 1. The van der Waals surface area contributed by atoms with Crippen molar-refractivity contribution in [2.24, 2.45) is 5.92 Å². The van der Waals surface area contributed by atoms with Crippen LogP contribution in [0.15, 0.2) is 22.7 Å². The number of halogens is 1. The summed E-state index contributed by atoms with van der Waals surface area (Å²) in [7, 11) is 1.75. The van der Waals surface area contributed by atoms with Crippen molar-refractivity contribution >= 4 is 15.9 Å². The fraction of sp³-hybridized carbons (Fsp3) is 0.647. The molecule has 1 saturated carbocycles. The summed E-state index contributed by atoms with van der Waals surface area (Å²) in [6.07, 6.45) is 3.99. The number of hydrogen-bond acceptors (Lipinski definition) is 3. The van der Waals surface area contributed by atoms with Gasteiger partial charge in [0.25, 0.3) is 0 Å². The molecule has 1 N–H and O–H groups in total. The normalized spacial score (nSPS) is 27.4. The van der Waals surface area contributed by atoms with Gasteiger partial charge in [-0.25, -0.2) is 0 Å². The van der Waals surface area contributed by atoms with Crippen LogP contribution in [-0.2, 0) is 6.54 Å². The molecule has 1 saturated heterocycles. The van der Waals surface area contributed by atoms with Crippen LogP contribution in [0.2, 0.25) is 0 Å². The standard InChI is InChI=1S/C17H25BrN2O/c1-17(14-4-5-14)12-20(9-3-8-19-17)11-13-10-15(18)6-7-16(13)21-2/h6-7,10,14,19H,3-5,8-9,11-12H2,1-2H3.